The van der Waals surface area contributed by atoms with E-state index in [1.165, 1.54) is 0 Å². The Morgan fingerprint density at radius 1 is 0.533 bits per heavy atom. The van der Waals surface area contributed by atoms with Crippen LogP contribution in [-0.4, -0.2) is 0 Å². The minimum Gasteiger partial charge on any atom is -0.456 e. The second kappa shape index (κ2) is 8.11. The van der Waals surface area contributed by atoms with Crippen molar-refractivity contribution in [1.29, 1.82) is 0 Å². The summed E-state index contributed by atoms with van der Waals surface area (Å²) in [5, 5.41) is 2.22. The molecule has 0 unspecified atom stereocenters. The molecule has 0 saturated heterocycles. The maximum Gasteiger partial charge on any atom is 0.188 e. The van der Waals surface area contributed by atoms with Crippen molar-refractivity contribution in [2.45, 2.75) is 34.6 Å². The maximum atomic E-state index is 6.41. The van der Waals surface area contributed by atoms with Gasteiger partial charge in [-0.3, -0.25) is 9.78 Å². The van der Waals surface area contributed by atoms with Gasteiger partial charge in [-0.2, -0.15) is 0 Å². The molecule has 0 spiro atoms. The van der Waals surface area contributed by atoms with Crippen molar-refractivity contribution in [3.63, 3.8) is 0 Å². The number of fused-ring (bicyclic) bond motifs is 1. The Bertz CT molecular complexity index is 1220. The van der Waals surface area contributed by atoms with Gasteiger partial charge in [0.25, 0.3) is 0 Å². The van der Waals surface area contributed by atoms with Gasteiger partial charge in [-0.1, -0.05) is 48.5 Å². The molecule has 0 atom stereocenters. The second-order valence-electron chi connectivity index (χ2n) is 7.74. The summed E-state index contributed by atoms with van der Waals surface area (Å²) in [6.45, 7) is 10.2. The van der Waals surface area contributed by atoms with Crippen molar-refractivity contribution in [2.24, 2.45) is 0 Å². The summed E-state index contributed by atoms with van der Waals surface area (Å²) < 4.78 is 6.41. The molecule has 0 radical (unpaired) electrons. The fraction of sp³-hybridized carbons (Fsp3) is 0.185. The number of aryl methyl sites for hydroxylation is 3. The van der Waals surface area contributed by atoms with Gasteiger partial charge in [0.1, 0.15) is 11.5 Å². The molecule has 0 aliphatic rings. The van der Waals surface area contributed by atoms with Crippen molar-refractivity contribution in [1.82, 2.24) is 0 Å². The van der Waals surface area contributed by atoms with Crippen LogP contribution in [0.3, 0.4) is 0 Å². The quantitative estimate of drug-likeness (QED) is 0.257. The van der Waals surface area contributed by atoms with E-state index in [1.807, 2.05) is 57.2 Å². The summed E-state index contributed by atoms with van der Waals surface area (Å²) in [6, 6.07) is 22.3. The lowest BCUT2D eigenvalue weighted by atomic mass is 10.0. The average Bonchev–Trinajstić information content (AvgIpc) is 2.74. The summed E-state index contributed by atoms with van der Waals surface area (Å²) >= 11 is 0. The van der Waals surface area contributed by atoms with Gasteiger partial charge in [0.2, 0.25) is 0 Å². The van der Waals surface area contributed by atoms with Gasteiger partial charge in [0.15, 0.2) is 11.5 Å². The highest BCUT2D eigenvalue weighted by Gasteiger charge is 2.17. The third-order valence-electron chi connectivity index (χ3n) is 5.56. The minimum atomic E-state index is 0.678. The molecule has 3 heteroatoms. The van der Waals surface area contributed by atoms with E-state index in [-0.39, 0.29) is 0 Å². The highest BCUT2D eigenvalue weighted by atomic mass is 17.2. The zero-order chi connectivity index (χ0) is 21.3. The van der Waals surface area contributed by atoms with E-state index >= 15 is 0 Å². The van der Waals surface area contributed by atoms with E-state index in [1.54, 1.807) is 0 Å². The van der Waals surface area contributed by atoms with Gasteiger partial charge in [-0.05, 0) is 80.5 Å². The summed E-state index contributed by atoms with van der Waals surface area (Å²) in [5.74, 6) is 3.00. The maximum absolute atomic E-state index is 6.41. The summed E-state index contributed by atoms with van der Waals surface area (Å²) in [4.78, 5) is 11.6. The molecular weight excluding hydrogens is 372 g/mol. The lowest BCUT2D eigenvalue weighted by Crippen LogP contribution is -2.06. The Morgan fingerprint density at radius 3 is 2.03 bits per heavy atom. The predicted octanol–water partition coefficient (Wildman–Crippen LogP) is 7.55. The Labute approximate surface area is 177 Å². The first-order valence-corrected chi connectivity index (χ1v) is 10.1. The Balaban J connectivity index is 1.69. The third-order valence-corrected chi connectivity index (χ3v) is 5.56. The van der Waals surface area contributed by atoms with Gasteiger partial charge in [-0.15, -0.1) is 0 Å². The lowest BCUT2D eigenvalue weighted by Gasteiger charge is -2.18. The Kier molecular flexibility index (Phi) is 5.37. The van der Waals surface area contributed by atoms with Crippen LogP contribution in [0.15, 0.2) is 66.7 Å². The predicted molar refractivity (Wildman–Crippen MR) is 122 cm³/mol. The van der Waals surface area contributed by atoms with Crippen molar-refractivity contribution in [3.05, 3.63) is 94.5 Å². The fourth-order valence-corrected chi connectivity index (χ4v) is 3.73. The average molecular weight is 399 g/mol. The topological polar surface area (TPSA) is 27.7 Å². The van der Waals surface area contributed by atoms with Crippen LogP contribution in [0.25, 0.3) is 10.8 Å². The molecule has 3 nitrogen and oxygen atoms in total. The number of ether oxygens (including phenoxy) is 1. The summed E-state index contributed by atoms with van der Waals surface area (Å²) in [7, 11) is 0. The van der Waals surface area contributed by atoms with E-state index in [0.717, 1.165) is 50.1 Å². The molecule has 152 valence electrons. The molecule has 30 heavy (non-hydrogen) atoms. The monoisotopic (exact) mass is 398 g/mol. The molecule has 0 fully saturated rings. The van der Waals surface area contributed by atoms with Crippen molar-refractivity contribution in [2.75, 3.05) is 0 Å². The van der Waals surface area contributed by atoms with Crippen LogP contribution in [0.4, 0.5) is 0 Å². The molecule has 0 aliphatic heterocycles. The highest BCUT2D eigenvalue weighted by molar-refractivity contribution is 5.88. The molecule has 0 amide bonds. The number of rotatable bonds is 5. The van der Waals surface area contributed by atoms with Crippen molar-refractivity contribution >= 4 is 10.8 Å². The molecule has 4 rings (SSSR count). The van der Waals surface area contributed by atoms with Crippen molar-refractivity contribution < 1.29 is 14.5 Å². The molecule has 0 heterocycles. The standard InChI is InChI=1S/C27H26O3/c1-17-10-8-14-24(20(17)4)29-30-27-19(3)16-18(2)26(21(27)5)28-25-15-9-12-22-11-6-7-13-23(22)25/h6-16H,1-5H3. The normalized spacial score (nSPS) is 10.8. The summed E-state index contributed by atoms with van der Waals surface area (Å²) in [6.07, 6.45) is 0. The van der Waals surface area contributed by atoms with Crippen LogP contribution >= 0.6 is 0 Å². The number of benzene rings is 4. The molecule has 0 bridgehead atoms. The van der Waals surface area contributed by atoms with E-state index in [4.69, 9.17) is 14.5 Å². The Morgan fingerprint density at radius 2 is 1.20 bits per heavy atom. The van der Waals surface area contributed by atoms with Crippen LogP contribution in [-0.2, 0) is 0 Å². The smallest absolute Gasteiger partial charge is 0.188 e. The van der Waals surface area contributed by atoms with E-state index in [0.29, 0.717) is 11.5 Å². The minimum absolute atomic E-state index is 0.678. The second-order valence-corrected chi connectivity index (χ2v) is 7.74. The zero-order valence-corrected chi connectivity index (χ0v) is 18.1. The molecule has 4 aromatic carbocycles. The van der Waals surface area contributed by atoms with E-state index in [2.05, 4.69) is 44.2 Å². The zero-order valence-electron chi connectivity index (χ0n) is 18.1. The van der Waals surface area contributed by atoms with Crippen LogP contribution in [0.2, 0.25) is 0 Å². The molecule has 0 N–H and O–H groups in total. The third kappa shape index (κ3) is 3.71. The SMILES string of the molecule is Cc1cccc(OOc2c(C)cc(C)c(Oc3cccc4ccccc34)c2C)c1C. The molecule has 0 aromatic heterocycles. The largest absolute Gasteiger partial charge is 0.456 e. The van der Waals surface area contributed by atoms with Gasteiger partial charge in [0, 0.05) is 10.9 Å². The first-order chi connectivity index (χ1) is 14.5. The van der Waals surface area contributed by atoms with Crippen LogP contribution < -0.4 is 14.5 Å². The van der Waals surface area contributed by atoms with Crippen LogP contribution in [0.5, 0.6) is 23.0 Å². The molecule has 0 aliphatic carbocycles. The van der Waals surface area contributed by atoms with E-state index < -0.39 is 0 Å². The molecular formula is C27H26O3. The fourth-order valence-electron chi connectivity index (χ4n) is 3.73. The van der Waals surface area contributed by atoms with E-state index in [9.17, 15) is 0 Å². The van der Waals surface area contributed by atoms with Gasteiger partial charge >= 0.3 is 0 Å². The molecule has 4 aromatic rings. The van der Waals surface area contributed by atoms with Crippen LogP contribution in [0.1, 0.15) is 27.8 Å². The first-order valence-electron chi connectivity index (χ1n) is 10.1. The first kappa shape index (κ1) is 19.8. The van der Waals surface area contributed by atoms with Crippen molar-refractivity contribution in [3.8, 4) is 23.0 Å². The van der Waals surface area contributed by atoms with Crippen LogP contribution in [0, 0.1) is 34.6 Å². The van der Waals surface area contributed by atoms with Gasteiger partial charge < -0.3 is 4.74 Å². The lowest BCUT2D eigenvalue weighted by molar-refractivity contribution is -0.102. The number of hydrogen-bond acceptors (Lipinski definition) is 3. The Hall–Kier alpha value is -3.46. The van der Waals surface area contributed by atoms with Gasteiger partial charge in [-0.25, -0.2) is 0 Å². The summed E-state index contributed by atoms with van der Waals surface area (Å²) in [5.41, 5.74) is 5.18. The highest BCUT2D eigenvalue weighted by Crippen LogP contribution is 2.39. The van der Waals surface area contributed by atoms with Gasteiger partial charge in [0.05, 0.1) is 0 Å². The molecule has 0 saturated carbocycles. The number of hydrogen-bond donors (Lipinski definition) is 0.